The van der Waals surface area contributed by atoms with Gasteiger partial charge in [0.25, 0.3) is 0 Å². The summed E-state index contributed by atoms with van der Waals surface area (Å²) >= 11 is 0. The highest BCUT2D eigenvalue weighted by Gasteiger charge is 2.07. The smallest absolute Gasteiger partial charge is 0.157 e. The van der Waals surface area contributed by atoms with Crippen LogP contribution in [0.1, 0.15) is 26.0 Å². The van der Waals surface area contributed by atoms with E-state index >= 15 is 0 Å². The summed E-state index contributed by atoms with van der Waals surface area (Å²) in [5.41, 5.74) is 1.09. The molecule has 1 aromatic rings. The number of aryl methyl sites for hydroxylation is 1. The molecule has 0 aromatic carbocycles. The first-order valence-electron chi connectivity index (χ1n) is 5.50. The van der Waals surface area contributed by atoms with Gasteiger partial charge in [-0.15, -0.1) is 0 Å². The van der Waals surface area contributed by atoms with Crippen LogP contribution >= 0.6 is 0 Å². The fourth-order valence-electron chi connectivity index (χ4n) is 1.40. The van der Waals surface area contributed by atoms with Gasteiger partial charge in [-0.2, -0.15) is 0 Å². The van der Waals surface area contributed by atoms with E-state index in [0.29, 0.717) is 13.2 Å². The Kier molecular flexibility index (Phi) is 5.97. The highest BCUT2D eigenvalue weighted by molar-refractivity contribution is 5.03. The summed E-state index contributed by atoms with van der Waals surface area (Å²) in [5.74, 6) is 0. The van der Waals surface area contributed by atoms with Crippen LogP contribution in [0.2, 0.25) is 0 Å². The normalized spacial score (nSPS) is 10.9. The van der Waals surface area contributed by atoms with Crippen LogP contribution in [0.5, 0.6) is 0 Å². The number of hydrogen-bond acceptors (Lipinski definition) is 3. The van der Waals surface area contributed by atoms with Crippen molar-refractivity contribution in [2.45, 2.75) is 33.0 Å². The number of rotatable bonds is 7. The SMILES string of the molecule is CCOC(CCc1ccccn1)OCC. The van der Waals surface area contributed by atoms with E-state index in [1.165, 1.54) is 0 Å². The first-order valence-corrected chi connectivity index (χ1v) is 5.50. The lowest BCUT2D eigenvalue weighted by atomic mass is 10.2. The third kappa shape index (κ3) is 4.91. The molecular weight excluding hydrogens is 190 g/mol. The van der Waals surface area contributed by atoms with E-state index in [1.807, 2.05) is 38.2 Å². The highest BCUT2D eigenvalue weighted by atomic mass is 16.7. The molecule has 0 aliphatic rings. The molecular formula is C12H19NO2. The molecule has 15 heavy (non-hydrogen) atoms. The van der Waals surface area contributed by atoms with Crippen molar-refractivity contribution in [1.82, 2.24) is 4.98 Å². The lowest BCUT2D eigenvalue weighted by Gasteiger charge is -2.16. The minimum Gasteiger partial charge on any atom is -0.353 e. The second-order valence-corrected chi connectivity index (χ2v) is 3.20. The summed E-state index contributed by atoms with van der Waals surface area (Å²) in [6.07, 6.45) is 3.47. The van der Waals surface area contributed by atoms with Crippen molar-refractivity contribution in [3.8, 4) is 0 Å². The molecule has 84 valence electrons. The largest absolute Gasteiger partial charge is 0.353 e. The van der Waals surface area contributed by atoms with Crippen LogP contribution in [0, 0.1) is 0 Å². The van der Waals surface area contributed by atoms with Crippen molar-refractivity contribution >= 4 is 0 Å². The lowest BCUT2D eigenvalue weighted by molar-refractivity contribution is -0.139. The molecule has 0 unspecified atom stereocenters. The predicted octanol–water partition coefficient (Wildman–Crippen LogP) is 2.41. The van der Waals surface area contributed by atoms with Crippen molar-refractivity contribution < 1.29 is 9.47 Å². The average molecular weight is 209 g/mol. The van der Waals surface area contributed by atoms with Gasteiger partial charge in [-0.05, 0) is 32.4 Å². The Morgan fingerprint density at radius 1 is 1.20 bits per heavy atom. The van der Waals surface area contributed by atoms with Crippen LogP contribution in [0.25, 0.3) is 0 Å². The molecule has 1 aromatic heterocycles. The van der Waals surface area contributed by atoms with E-state index in [9.17, 15) is 0 Å². The monoisotopic (exact) mass is 209 g/mol. The zero-order valence-corrected chi connectivity index (χ0v) is 9.48. The maximum atomic E-state index is 5.45. The number of ether oxygens (including phenoxy) is 2. The number of aromatic nitrogens is 1. The van der Waals surface area contributed by atoms with Gasteiger partial charge in [-0.3, -0.25) is 4.98 Å². The third-order valence-electron chi connectivity index (χ3n) is 2.07. The van der Waals surface area contributed by atoms with Crippen molar-refractivity contribution in [2.24, 2.45) is 0 Å². The van der Waals surface area contributed by atoms with Crippen LogP contribution < -0.4 is 0 Å². The molecule has 0 aliphatic carbocycles. The Labute approximate surface area is 91.4 Å². The number of pyridine rings is 1. The summed E-state index contributed by atoms with van der Waals surface area (Å²) in [6.45, 7) is 5.33. The van der Waals surface area contributed by atoms with Crippen LogP contribution in [0.15, 0.2) is 24.4 Å². The Morgan fingerprint density at radius 3 is 2.47 bits per heavy atom. The zero-order chi connectivity index (χ0) is 10.9. The molecule has 0 N–H and O–H groups in total. The number of nitrogens with zero attached hydrogens (tertiary/aromatic N) is 1. The van der Waals surface area contributed by atoms with Crippen LogP contribution in [0.3, 0.4) is 0 Å². The van der Waals surface area contributed by atoms with Crippen molar-refractivity contribution in [3.05, 3.63) is 30.1 Å². The fraction of sp³-hybridized carbons (Fsp3) is 0.583. The summed E-state index contributed by atoms with van der Waals surface area (Å²) in [7, 11) is 0. The lowest BCUT2D eigenvalue weighted by Crippen LogP contribution is -2.18. The van der Waals surface area contributed by atoms with Gasteiger partial charge in [0.2, 0.25) is 0 Å². The van der Waals surface area contributed by atoms with Crippen LogP contribution in [0.4, 0.5) is 0 Å². The first-order chi connectivity index (χ1) is 7.36. The van der Waals surface area contributed by atoms with E-state index in [4.69, 9.17) is 9.47 Å². The average Bonchev–Trinajstić information content (AvgIpc) is 2.28. The molecule has 0 fully saturated rings. The van der Waals surface area contributed by atoms with Crippen molar-refractivity contribution in [3.63, 3.8) is 0 Å². The summed E-state index contributed by atoms with van der Waals surface area (Å²) in [6, 6.07) is 5.94. The Balaban J connectivity index is 2.33. The van der Waals surface area contributed by atoms with Crippen LogP contribution in [-0.4, -0.2) is 24.5 Å². The highest BCUT2D eigenvalue weighted by Crippen LogP contribution is 2.06. The Bertz CT molecular complexity index is 245. The standard InChI is InChI=1S/C12H19NO2/c1-3-14-12(15-4-2)9-8-11-7-5-6-10-13-11/h5-7,10,12H,3-4,8-9H2,1-2H3. The molecule has 3 heteroatoms. The fourth-order valence-corrected chi connectivity index (χ4v) is 1.40. The molecule has 0 saturated heterocycles. The maximum Gasteiger partial charge on any atom is 0.157 e. The second-order valence-electron chi connectivity index (χ2n) is 3.20. The molecule has 0 saturated carbocycles. The molecule has 1 rings (SSSR count). The van der Waals surface area contributed by atoms with Gasteiger partial charge >= 0.3 is 0 Å². The second kappa shape index (κ2) is 7.37. The van der Waals surface area contributed by atoms with Crippen molar-refractivity contribution in [1.29, 1.82) is 0 Å². The molecule has 0 spiro atoms. The molecule has 0 aliphatic heterocycles. The predicted molar refractivity (Wildman–Crippen MR) is 59.6 cm³/mol. The minimum absolute atomic E-state index is 0.0954. The van der Waals surface area contributed by atoms with E-state index in [2.05, 4.69) is 4.98 Å². The van der Waals surface area contributed by atoms with Gasteiger partial charge < -0.3 is 9.47 Å². The Hall–Kier alpha value is -0.930. The molecule has 0 amide bonds. The molecule has 0 radical (unpaired) electrons. The summed E-state index contributed by atoms with van der Waals surface area (Å²) in [5, 5.41) is 0. The van der Waals surface area contributed by atoms with E-state index in [-0.39, 0.29) is 6.29 Å². The van der Waals surface area contributed by atoms with Crippen molar-refractivity contribution in [2.75, 3.05) is 13.2 Å². The van der Waals surface area contributed by atoms with Gasteiger partial charge in [0.05, 0.1) is 0 Å². The quantitative estimate of drug-likeness (QED) is 0.646. The van der Waals surface area contributed by atoms with E-state index in [1.54, 1.807) is 0 Å². The van der Waals surface area contributed by atoms with Gasteiger partial charge in [0, 0.05) is 31.5 Å². The Morgan fingerprint density at radius 2 is 1.93 bits per heavy atom. The first kappa shape index (κ1) is 12.1. The molecule has 1 heterocycles. The van der Waals surface area contributed by atoms with Gasteiger partial charge in [0.1, 0.15) is 0 Å². The van der Waals surface area contributed by atoms with Crippen LogP contribution in [-0.2, 0) is 15.9 Å². The maximum absolute atomic E-state index is 5.45. The van der Waals surface area contributed by atoms with Gasteiger partial charge in [0.15, 0.2) is 6.29 Å². The number of hydrogen-bond donors (Lipinski definition) is 0. The van der Waals surface area contributed by atoms with E-state index in [0.717, 1.165) is 18.5 Å². The van der Waals surface area contributed by atoms with E-state index < -0.39 is 0 Å². The minimum atomic E-state index is -0.0954. The summed E-state index contributed by atoms with van der Waals surface area (Å²) in [4.78, 5) is 4.26. The summed E-state index contributed by atoms with van der Waals surface area (Å²) < 4.78 is 10.9. The van der Waals surface area contributed by atoms with Gasteiger partial charge in [-0.1, -0.05) is 6.07 Å². The zero-order valence-electron chi connectivity index (χ0n) is 9.48. The topological polar surface area (TPSA) is 31.4 Å². The van der Waals surface area contributed by atoms with Gasteiger partial charge in [-0.25, -0.2) is 0 Å². The molecule has 3 nitrogen and oxygen atoms in total. The molecule has 0 bridgehead atoms. The third-order valence-corrected chi connectivity index (χ3v) is 2.07. The molecule has 0 atom stereocenters.